The van der Waals surface area contributed by atoms with E-state index in [-0.39, 0.29) is 29.6 Å². The Labute approximate surface area is 202 Å². The molecule has 0 saturated carbocycles. The summed E-state index contributed by atoms with van der Waals surface area (Å²) >= 11 is 0. The Hall–Kier alpha value is -4.39. The number of carbonyl (C=O) groups is 1. The molecule has 1 aliphatic rings. The highest BCUT2D eigenvalue weighted by molar-refractivity contribution is 5.90. The fourth-order valence-electron chi connectivity index (χ4n) is 4.36. The second-order valence-corrected chi connectivity index (χ2v) is 8.65. The summed E-state index contributed by atoms with van der Waals surface area (Å²) < 4.78 is 0. The fraction of sp³-hybridized carbons (Fsp3) is 0.179. The molecule has 0 bridgehead atoms. The third-order valence-corrected chi connectivity index (χ3v) is 6.22. The van der Waals surface area contributed by atoms with Gasteiger partial charge in [-0.2, -0.15) is 0 Å². The van der Waals surface area contributed by atoms with Crippen molar-refractivity contribution in [1.82, 2.24) is 9.97 Å². The van der Waals surface area contributed by atoms with E-state index in [4.69, 9.17) is 9.97 Å². The van der Waals surface area contributed by atoms with E-state index in [0.29, 0.717) is 48.5 Å². The van der Waals surface area contributed by atoms with Crippen LogP contribution in [0, 0.1) is 0 Å². The number of aryl methyl sites for hydroxylation is 2. The molecule has 0 unspecified atom stereocenters. The number of anilines is 1. The van der Waals surface area contributed by atoms with Crippen molar-refractivity contribution in [3.8, 4) is 28.5 Å². The predicted octanol–water partition coefficient (Wildman–Crippen LogP) is 4.52. The van der Waals surface area contributed by atoms with Crippen LogP contribution in [0.15, 0.2) is 66.7 Å². The lowest BCUT2D eigenvalue weighted by molar-refractivity contribution is -0.116. The molecule has 0 aliphatic heterocycles. The predicted molar refractivity (Wildman–Crippen MR) is 133 cm³/mol. The van der Waals surface area contributed by atoms with Crippen molar-refractivity contribution >= 4 is 11.7 Å². The van der Waals surface area contributed by atoms with Crippen molar-refractivity contribution in [2.75, 3.05) is 5.32 Å². The van der Waals surface area contributed by atoms with E-state index in [1.807, 2.05) is 30.3 Å². The monoisotopic (exact) mass is 467 g/mol. The van der Waals surface area contributed by atoms with Crippen molar-refractivity contribution in [1.29, 1.82) is 0 Å². The first-order chi connectivity index (χ1) is 17.0. The summed E-state index contributed by atoms with van der Waals surface area (Å²) in [4.78, 5) is 22.5. The lowest BCUT2D eigenvalue weighted by Crippen LogP contribution is -2.19. The van der Waals surface area contributed by atoms with Gasteiger partial charge in [-0.1, -0.05) is 42.5 Å². The number of nitrogens with one attached hydrogen (secondary N) is 1. The maximum Gasteiger partial charge on any atom is 0.225 e. The molecule has 1 aromatic heterocycles. The van der Waals surface area contributed by atoms with Crippen molar-refractivity contribution in [2.24, 2.45) is 0 Å². The van der Waals surface area contributed by atoms with Gasteiger partial charge in [-0.3, -0.25) is 4.79 Å². The number of carbonyl (C=O) groups excluding carboxylic acids is 1. The lowest BCUT2D eigenvalue weighted by Gasteiger charge is -2.22. The fourth-order valence-corrected chi connectivity index (χ4v) is 4.36. The number of benzene rings is 3. The molecular formula is C28H25N3O4. The number of phenols is 3. The first kappa shape index (κ1) is 22.4. The molecule has 35 heavy (non-hydrogen) atoms. The van der Waals surface area contributed by atoms with Crippen LogP contribution in [0.25, 0.3) is 11.3 Å². The van der Waals surface area contributed by atoms with Gasteiger partial charge in [-0.15, -0.1) is 0 Å². The SMILES string of the molecule is O=C(CCc1ccc(O)cc1)Nc1nc2c(nc1Cc1ccccc1)-c1ccc(O)c(O)c1CC2. The minimum atomic E-state index is -0.166. The van der Waals surface area contributed by atoms with Crippen LogP contribution in [0.2, 0.25) is 0 Å². The summed E-state index contributed by atoms with van der Waals surface area (Å²) in [5, 5.41) is 32.7. The Kier molecular flexibility index (Phi) is 6.06. The molecule has 1 aliphatic carbocycles. The smallest absolute Gasteiger partial charge is 0.225 e. The molecule has 1 heterocycles. The molecule has 7 nitrogen and oxygen atoms in total. The number of aromatic nitrogens is 2. The van der Waals surface area contributed by atoms with Crippen molar-refractivity contribution in [3.63, 3.8) is 0 Å². The molecule has 4 aromatic rings. The Balaban J connectivity index is 1.46. The standard InChI is InChI=1S/C28H25N3O4/c32-19-9-6-17(7-10-19)8-15-25(34)31-28-23(16-18-4-2-1-3-5-18)29-26-20-12-14-24(33)27(35)21(20)11-13-22(26)30-28/h1-7,9-10,12,14,32-33,35H,8,11,13,15-16H2,(H,30,31,34). The van der Waals surface area contributed by atoms with Gasteiger partial charge in [0.05, 0.1) is 17.1 Å². The van der Waals surface area contributed by atoms with Crippen LogP contribution < -0.4 is 5.32 Å². The normalized spacial score (nSPS) is 12.0. The molecule has 5 rings (SSSR count). The van der Waals surface area contributed by atoms with Gasteiger partial charge in [0.1, 0.15) is 5.75 Å². The largest absolute Gasteiger partial charge is 0.508 e. The van der Waals surface area contributed by atoms with E-state index < -0.39 is 0 Å². The van der Waals surface area contributed by atoms with E-state index in [1.165, 1.54) is 6.07 Å². The topological polar surface area (TPSA) is 116 Å². The van der Waals surface area contributed by atoms with Crippen LogP contribution in [0.4, 0.5) is 5.82 Å². The third-order valence-electron chi connectivity index (χ3n) is 6.22. The van der Waals surface area contributed by atoms with E-state index in [9.17, 15) is 20.1 Å². The summed E-state index contributed by atoms with van der Waals surface area (Å²) in [5.41, 5.74) is 5.43. The number of nitrogens with zero attached hydrogens (tertiary/aromatic N) is 2. The number of aromatic hydroxyl groups is 3. The zero-order chi connectivity index (χ0) is 24.4. The number of phenolic OH excluding ortho intramolecular Hbond substituents is 3. The highest BCUT2D eigenvalue weighted by Gasteiger charge is 2.25. The molecule has 0 radical (unpaired) electrons. The maximum atomic E-state index is 12.8. The summed E-state index contributed by atoms with van der Waals surface area (Å²) in [5.74, 6) is 0.196. The molecule has 0 atom stereocenters. The van der Waals surface area contributed by atoms with Crippen molar-refractivity contribution < 1.29 is 20.1 Å². The Morgan fingerprint density at radius 1 is 0.857 bits per heavy atom. The summed E-state index contributed by atoms with van der Waals surface area (Å²) in [7, 11) is 0. The summed E-state index contributed by atoms with van der Waals surface area (Å²) in [6.45, 7) is 0. The minimum absolute atomic E-state index is 0.119. The average Bonchev–Trinajstić information content (AvgIpc) is 2.87. The second-order valence-electron chi connectivity index (χ2n) is 8.65. The number of amides is 1. The van der Waals surface area contributed by atoms with Gasteiger partial charge in [0.2, 0.25) is 5.91 Å². The minimum Gasteiger partial charge on any atom is -0.508 e. The van der Waals surface area contributed by atoms with Crippen LogP contribution in [0.3, 0.4) is 0 Å². The second kappa shape index (κ2) is 9.46. The van der Waals surface area contributed by atoms with Gasteiger partial charge in [-0.05, 0) is 54.7 Å². The Morgan fingerprint density at radius 3 is 2.40 bits per heavy atom. The third kappa shape index (κ3) is 4.80. The first-order valence-corrected chi connectivity index (χ1v) is 11.5. The van der Waals surface area contributed by atoms with E-state index in [1.54, 1.807) is 30.3 Å². The molecule has 7 heteroatoms. The van der Waals surface area contributed by atoms with Gasteiger partial charge in [-0.25, -0.2) is 9.97 Å². The van der Waals surface area contributed by atoms with Crippen LogP contribution in [0.5, 0.6) is 17.2 Å². The molecule has 4 N–H and O–H groups in total. The first-order valence-electron chi connectivity index (χ1n) is 11.5. The van der Waals surface area contributed by atoms with Crippen molar-refractivity contribution in [3.05, 3.63) is 94.8 Å². The molecule has 0 saturated heterocycles. The number of hydrogen-bond donors (Lipinski definition) is 4. The zero-order valence-electron chi connectivity index (χ0n) is 19.0. The van der Waals surface area contributed by atoms with Crippen LogP contribution in [-0.4, -0.2) is 31.2 Å². The van der Waals surface area contributed by atoms with Gasteiger partial charge < -0.3 is 20.6 Å². The van der Waals surface area contributed by atoms with E-state index >= 15 is 0 Å². The van der Waals surface area contributed by atoms with E-state index in [2.05, 4.69) is 5.32 Å². The molecule has 0 spiro atoms. The highest BCUT2D eigenvalue weighted by atomic mass is 16.3. The zero-order valence-corrected chi connectivity index (χ0v) is 19.0. The average molecular weight is 468 g/mol. The molecular weight excluding hydrogens is 442 g/mol. The van der Waals surface area contributed by atoms with Gasteiger partial charge in [0.15, 0.2) is 17.3 Å². The highest BCUT2D eigenvalue weighted by Crippen LogP contribution is 2.41. The van der Waals surface area contributed by atoms with Crippen molar-refractivity contribution in [2.45, 2.75) is 32.1 Å². The quantitative estimate of drug-likeness (QED) is 0.310. The van der Waals surface area contributed by atoms with Gasteiger partial charge >= 0.3 is 0 Å². The molecule has 0 fully saturated rings. The summed E-state index contributed by atoms with van der Waals surface area (Å²) in [6, 6.07) is 19.9. The number of fused-ring (bicyclic) bond motifs is 3. The summed E-state index contributed by atoms with van der Waals surface area (Å²) in [6.07, 6.45) is 2.34. The van der Waals surface area contributed by atoms with Crippen LogP contribution in [-0.2, 0) is 30.5 Å². The number of hydrogen-bond acceptors (Lipinski definition) is 6. The van der Waals surface area contributed by atoms with Gasteiger partial charge in [0, 0.05) is 24.0 Å². The maximum absolute atomic E-state index is 12.8. The molecule has 176 valence electrons. The van der Waals surface area contributed by atoms with E-state index in [0.717, 1.165) is 22.4 Å². The Morgan fingerprint density at radius 2 is 1.63 bits per heavy atom. The lowest BCUT2D eigenvalue weighted by atomic mass is 9.90. The van der Waals surface area contributed by atoms with Gasteiger partial charge in [0.25, 0.3) is 0 Å². The van der Waals surface area contributed by atoms with Crippen LogP contribution in [0.1, 0.15) is 34.5 Å². The molecule has 1 amide bonds. The van der Waals surface area contributed by atoms with Crippen LogP contribution >= 0.6 is 0 Å². The number of rotatable bonds is 6. The Bertz CT molecular complexity index is 1390. The molecule has 3 aromatic carbocycles.